The van der Waals surface area contributed by atoms with Crippen molar-refractivity contribution in [1.29, 1.82) is 0 Å². The molecule has 0 spiro atoms. The van der Waals surface area contributed by atoms with Gasteiger partial charge in [-0.2, -0.15) is 0 Å². The number of nitrogens with one attached hydrogen (secondary N) is 5. The van der Waals surface area contributed by atoms with Crippen LogP contribution in [0.2, 0.25) is 0 Å². The van der Waals surface area contributed by atoms with Crippen LogP contribution < -0.4 is 143 Å². The summed E-state index contributed by atoms with van der Waals surface area (Å²) in [5.74, 6) is 5.45. The number of fused-ring (bicyclic) bond motifs is 25. The number of benzene rings is 5. The van der Waals surface area contributed by atoms with Crippen molar-refractivity contribution in [2.24, 2.45) is 0 Å². The van der Waals surface area contributed by atoms with Crippen LogP contribution in [0.25, 0.3) is 110 Å². The van der Waals surface area contributed by atoms with Crippen LogP contribution in [0.1, 0.15) is 30.2 Å². The minimum absolute atomic E-state index is 0. The molecule has 95 heavy (non-hydrogen) atoms. The lowest BCUT2D eigenvalue weighted by Crippen LogP contribution is -3.00. The van der Waals surface area contributed by atoms with Crippen LogP contribution >= 0.6 is 172 Å². The summed E-state index contributed by atoms with van der Waals surface area (Å²) in [6.07, 6.45) is 0. The summed E-state index contributed by atoms with van der Waals surface area (Å²) in [6, 6.07) is 43.9. The Hall–Kier alpha value is -0.800. The van der Waals surface area contributed by atoms with Crippen molar-refractivity contribution < 1.29 is 143 Å². The van der Waals surface area contributed by atoms with E-state index in [0.717, 1.165) is 187 Å². The Morgan fingerprint density at radius 2 is 0.442 bits per heavy atom. The third kappa shape index (κ3) is 14.1. The molecule has 5 aliphatic rings. The molecule has 490 valence electrons. The minimum Gasteiger partial charge on any atom is -1.00 e. The van der Waals surface area contributed by atoms with E-state index < -0.39 is 0 Å². The second-order valence-corrected chi connectivity index (χ2v) is 31.0. The van der Waals surface area contributed by atoms with Gasteiger partial charge in [0.25, 0.3) is 28.2 Å². The van der Waals surface area contributed by atoms with Crippen molar-refractivity contribution in [3.8, 4) is 0 Å². The monoisotopic (exact) mass is 2480 g/mol. The van der Waals surface area contributed by atoms with Crippen LogP contribution in [-0.4, -0.2) is 127 Å². The van der Waals surface area contributed by atoms with Crippen molar-refractivity contribution in [3.63, 3.8) is 0 Å². The number of aromatic nitrogens is 20. The first-order chi connectivity index (χ1) is 44.4. The zero-order valence-electron chi connectivity index (χ0n) is 49.0. The van der Waals surface area contributed by atoms with Crippen LogP contribution in [0.5, 0.6) is 0 Å². The molecule has 0 bridgehead atoms. The highest BCUT2D eigenvalue weighted by molar-refractivity contribution is 14.1. The van der Waals surface area contributed by atoms with Crippen molar-refractivity contribution in [2.75, 3.05) is 50.9 Å². The van der Waals surface area contributed by atoms with E-state index in [9.17, 15) is 0 Å². The smallest absolute Gasteiger partial charge is 0.324 e. The summed E-state index contributed by atoms with van der Waals surface area (Å²) in [7, 11) is 0. The van der Waals surface area contributed by atoms with Crippen LogP contribution in [0.3, 0.4) is 0 Å². The van der Waals surface area contributed by atoms with E-state index in [1.54, 1.807) is 58.8 Å². The number of hydrogen-bond donors (Lipinski definition) is 5. The van der Waals surface area contributed by atoms with Gasteiger partial charge in [0.2, 0.25) is 0 Å². The normalized spacial score (nSPS) is 17.6. The third-order valence-electron chi connectivity index (χ3n) is 16.5. The molecule has 15 aromatic rings. The van der Waals surface area contributed by atoms with Gasteiger partial charge in [-0.1, -0.05) is 199 Å². The highest BCUT2D eigenvalue weighted by Gasteiger charge is 2.38. The van der Waals surface area contributed by atoms with Crippen LogP contribution in [-0.2, 0) is 0 Å². The summed E-state index contributed by atoms with van der Waals surface area (Å²) < 4.78 is 17.0. The molecule has 10 aromatic heterocycles. The van der Waals surface area contributed by atoms with Crippen LogP contribution in [0.4, 0.5) is 0 Å². The number of halogens is 10. The Morgan fingerprint density at radius 1 is 0.274 bits per heavy atom. The number of nitrogens with zero attached hydrogens (tertiary/aromatic N) is 15. The molecule has 0 saturated heterocycles. The number of para-hydroxylation sites is 5. The lowest BCUT2D eigenvalue weighted by molar-refractivity contribution is -0.724. The van der Waals surface area contributed by atoms with Gasteiger partial charge in [-0.25, -0.2) is 22.8 Å². The maximum absolute atomic E-state index is 4.38. The average molecular weight is 2480 g/mol. The molecule has 0 aliphatic carbocycles. The van der Waals surface area contributed by atoms with Crippen molar-refractivity contribution >= 4 is 282 Å². The predicted octanol–water partition coefficient (Wildman–Crippen LogP) is -2.58. The quantitative estimate of drug-likeness (QED) is 0.0678. The standard InChI is InChI=1S/5C12H9IN4S.5HI/c5*13-5-7-6-18-12-16-15-10-8-3-1-2-4-9(8)14-11(10)17(7)12;;;;;/h5*1-4,7H,5-6H2;5*1H. The lowest BCUT2D eigenvalue weighted by atomic mass is 10.2. The number of H-pyrrole nitrogens is 5. The Balaban J connectivity index is 0.000000119. The average Bonchev–Trinajstić information content (AvgIpc) is 1.65. The van der Waals surface area contributed by atoms with Crippen LogP contribution in [0.15, 0.2) is 147 Å². The molecule has 5 atom stereocenters. The Bertz CT molecular complexity index is 4540. The van der Waals surface area contributed by atoms with Crippen molar-refractivity contribution in [3.05, 3.63) is 121 Å². The molecular weight excluding hydrogens is 2430 g/mol. The number of alkyl halides is 5. The Morgan fingerprint density at radius 3 is 0.611 bits per heavy atom. The summed E-state index contributed by atoms with van der Waals surface area (Å²) in [5, 5.41) is 54.6. The summed E-state index contributed by atoms with van der Waals surface area (Å²) in [6.45, 7) is 0. The molecule has 0 fully saturated rings. The number of thioether (sulfide) groups is 5. The second kappa shape index (κ2) is 33.3. The SMILES string of the molecule is ICC1CSc2nnc3c4ccccc4[nH]c3[n+]21.ICC1CSc2nnc3c4ccccc4[nH]c3[n+]21.ICC1CSc2nnc3c4ccccc4[nH]c3[n+]21.ICC1CSc2nnc3c4ccccc4[nH]c3[n+]21.ICC1CSc2nnc3c4ccccc4[nH]c3[n+]21.[I-].[I-].[I-].[I-].[I-]. The van der Waals surface area contributed by atoms with Gasteiger partial charge in [-0.3, -0.25) is 24.9 Å². The third-order valence-corrected chi connectivity index (χ3v) is 27.0. The lowest BCUT2D eigenvalue weighted by Gasteiger charge is -2.04. The van der Waals surface area contributed by atoms with Gasteiger partial charge < -0.3 is 120 Å². The molecule has 20 nitrogen and oxygen atoms in total. The molecule has 35 heteroatoms. The van der Waals surface area contributed by atoms with Gasteiger partial charge in [-0.05, 0) is 119 Å². The maximum atomic E-state index is 4.38. The van der Waals surface area contributed by atoms with Crippen LogP contribution in [0, 0.1) is 0 Å². The molecule has 0 amide bonds. The first-order valence-electron chi connectivity index (χ1n) is 28.8. The van der Waals surface area contributed by atoms with E-state index in [-0.39, 0.29) is 120 Å². The molecular formula is C60H50I10N20S5. The molecule has 15 heterocycles. The van der Waals surface area contributed by atoms with E-state index in [1.807, 2.05) is 60.7 Å². The predicted molar refractivity (Wildman–Crippen MR) is 401 cm³/mol. The summed E-state index contributed by atoms with van der Waals surface area (Å²) >= 11 is 21.2. The van der Waals surface area contributed by atoms with E-state index in [2.05, 4.69) is 272 Å². The summed E-state index contributed by atoms with van der Waals surface area (Å²) in [5.41, 5.74) is 16.1. The van der Waals surface area contributed by atoms with E-state index in [1.165, 1.54) is 0 Å². The van der Waals surface area contributed by atoms with E-state index in [4.69, 9.17) is 0 Å². The van der Waals surface area contributed by atoms with Gasteiger partial charge in [0.1, 0.15) is 57.8 Å². The fraction of sp³-hybridized carbons (Fsp3) is 0.250. The molecule has 20 rings (SSSR count). The Labute approximate surface area is 717 Å². The minimum atomic E-state index is 0. The molecule has 5 unspecified atom stereocenters. The zero-order chi connectivity index (χ0) is 60.6. The topological polar surface area (TPSA) is 227 Å². The molecule has 0 radical (unpaired) electrons. The van der Waals surface area contributed by atoms with Gasteiger partial charge in [-0.15, -0.1) is 0 Å². The van der Waals surface area contributed by atoms with E-state index >= 15 is 0 Å². The molecule has 5 N–H and O–H groups in total. The number of aromatic amines is 5. The fourth-order valence-corrected chi connectivity index (χ4v) is 23.2. The fourth-order valence-electron chi connectivity index (χ4n) is 12.1. The van der Waals surface area contributed by atoms with Gasteiger partial charge in [0, 0.05) is 103 Å². The summed E-state index contributed by atoms with van der Waals surface area (Å²) in [4.78, 5) is 17.4. The van der Waals surface area contributed by atoms with E-state index in [0.29, 0.717) is 30.2 Å². The molecule has 5 aromatic carbocycles. The highest BCUT2D eigenvalue weighted by Crippen LogP contribution is 2.35. The van der Waals surface area contributed by atoms with Gasteiger partial charge in [0.05, 0.1) is 0 Å². The first kappa shape index (κ1) is 75.4. The molecule has 0 saturated carbocycles. The van der Waals surface area contributed by atoms with Crippen molar-refractivity contribution in [1.82, 2.24) is 75.9 Å². The van der Waals surface area contributed by atoms with Crippen molar-refractivity contribution in [2.45, 2.75) is 56.0 Å². The maximum Gasteiger partial charge on any atom is 0.324 e. The number of rotatable bonds is 5. The first-order valence-corrected chi connectivity index (χ1v) is 41.3. The largest absolute Gasteiger partial charge is 1.00 e. The second-order valence-electron chi connectivity index (χ2n) is 21.7. The number of hydrogen-bond acceptors (Lipinski definition) is 15. The highest BCUT2D eigenvalue weighted by atomic mass is 127. The van der Waals surface area contributed by atoms with Gasteiger partial charge >= 0.3 is 25.8 Å². The zero-order valence-corrected chi connectivity index (χ0v) is 74.7. The van der Waals surface area contributed by atoms with Gasteiger partial charge in [0.15, 0.2) is 27.6 Å². The molecule has 5 aliphatic heterocycles. The Kier molecular flexibility index (Phi) is 26.4.